The van der Waals surface area contributed by atoms with E-state index in [9.17, 15) is 14.7 Å². The molecule has 0 saturated heterocycles. The predicted molar refractivity (Wildman–Crippen MR) is 99.8 cm³/mol. The maximum absolute atomic E-state index is 13.2. The van der Waals surface area contributed by atoms with Crippen molar-refractivity contribution in [1.29, 1.82) is 0 Å². The van der Waals surface area contributed by atoms with Crippen molar-refractivity contribution in [3.05, 3.63) is 35.9 Å². The zero-order valence-corrected chi connectivity index (χ0v) is 22.7. The number of aliphatic hydroxyl groups excluding tert-OH is 1. The van der Waals surface area contributed by atoms with Gasteiger partial charge < -0.3 is 0 Å². The van der Waals surface area contributed by atoms with Gasteiger partial charge in [0.2, 0.25) is 0 Å². The summed E-state index contributed by atoms with van der Waals surface area (Å²) in [7, 11) is 1.56. The predicted octanol–water partition coefficient (Wildman–Crippen LogP) is 3.45. The number of ether oxygens (including phenoxy) is 2. The van der Waals surface area contributed by atoms with Gasteiger partial charge in [0.1, 0.15) is 0 Å². The summed E-state index contributed by atoms with van der Waals surface area (Å²) in [5.41, 5.74) is 0.864. The van der Waals surface area contributed by atoms with Crippen LogP contribution in [0.3, 0.4) is 0 Å². The molecule has 0 radical (unpaired) electrons. The summed E-state index contributed by atoms with van der Waals surface area (Å²) < 4.78 is 16.4. The fourth-order valence-corrected chi connectivity index (χ4v) is 8.93. The summed E-state index contributed by atoms with van der Waals surface area (Å²) >= 11 is -2.45. The molecule has 0 aromatic heterocycles. The van der Waals surface area contributed by atoms with Gasteiger partial charge in [0, 0.05) is 0 Å². The molecule has 1 aromatic rings. The first-order chi connectivity index (χ1) is 13.3. The molecule has 6 nitrogen and oxygen atoms in total. The van der Waals surface area contributed by atoms with Gasteiger partial charge in [0.25, 0.3) is 0 Å². The first-order valence-corrected chi connectivity index (χ1v) is 15.3. The summed E-state index contributed by atoms with van der Waals surface area (Å²) in [5, 5.41) is 10.1. The van der Waals surface area contributed by atoms with Crippen molar-refractivity contribution in [2.45, 2.75) is 61.8 Å². The Morgan fingerprint density at radius 2 is 1.86 bits per heavy atom. The van der Waals surface area contributed by atoms with Crippen LogP contribution in [-0.4, -0.2) is 36.4 Å². The summed E-state index contributed by atoms with van der Waals surface area (Å²) in [4.78, 5) is 24.6. The van der Waals surface area contributed by atoms with Gasteiger partial charge in [-0.15, -0.1) is 0 Å². The Kier molecular flexibility index (Phi) is 9.37. The van der Waals surface area contributed by atoms with E-state index in [1.165, 1.54) is 6.92 Å². The zero-order valence-electron chi connectivity index (χ0n) is 17.2. The van der Waals surface area contributed by atoms with Crippen molar-refractivity contribution in [1.82, 2.24) is 0 Å². The molecular formula is C21H30HgO6. The van der Waals surface area contributed by atoms with Crippen LogP contribution in [0.2, 0.25) is 3.43 Å². The molecule has 152 valence electrons. The van der Waals surface area contributed by atoms with Gasteiger partial charge in [-0.3, -0.25) is 0 Å². The number of methoxy groups -OCH3 is 1. The molecule has 1 aromatic carbocycles. The van der Waals surface area contributed by atoms with Gasteiger partial charge in [-0.2, -0.15) is 0 Å². The number of hydrogen-bond acceptors (Lipinski definition) is 6. The van der Waals surface area contributed by atoms with Gasteiger partial charge >= 0.3 is 180 Å². The Hall–Kier alpha value is -0.985. The van der Waals surface area contributed by atoms with Crippen LogP contribution in [0.5, 0.6) is 0 Å². The topological polar surface area (TPSA) is 82.1 Å². The zero-order chi connectivity index (χ0) is 20.7. The molecular weight excluding hydrogens is 549 g/mol. The Morgan fingerprint density at radius 3 is 2.43 bits per heavy atom. The van der Waals surface area contributed by atoms with Gasteiger partial charge in [0.05, 0.1) is 0 Å². The molecule has 0 aliphatic heterocycles. The third-order valence-corrected chi connectivity index (χ3v) is 12.0. The summed E-state index contributed by atoms with van der Waals surface area (Å²) in [5.74, 6) is -0.163. The Labute approximate surface area is 180 Å². The normalized spacial score (nSPS) is 24.1. The van der Waals surface area contributed by atoms with Crippen molar-refractivity contribution < 1.29 is 51.8 Å². The minimum atomic E-state index is -2.45. The molecule has 28 heavy (non-hydrogen) atoms. The molecule has 0 bridgehead atoms. The molecule has 7 heteroatoms. The molecule has 1 aliphatic rings. The van der Waals surface area contributed by atoms with Crippen LogP contribution in [0.1, 0.15) is 51.7 Å². The third kappa shape index (κ3) is 6.53. The molecule has 0 spiro atoms. The summed E-state index contributed by atoms with van der Waals surface area (Å²) in [6.45, 7) is 5.59. The van der Waals surface area contributed by atoms with Gasteiger partial charge in [-0.1, -0.05) is 0 Å². The summed E-state index contributed by atoms with van der Waals surface area (Å²) in [6, 6.07) is 9.47. The molecule has 1 aliphatic carbocycles. The van der Waals surface area contributed by atoms with E-state index in [2.05, 4.69) is 13.8 Å². The van der Waals surface area contributed by atoms with Crippen molar-refractivity contribution in [2.75, 3.05) is 7.11 Å². The maximum atomic E-state index is 13.2. The second-order valence-corrected chi connectivity index (χ2v) is 13.7. The molecule has 1 N–H and O–H groups in total. The first kappa shape index (κ1) is 23.3. The number of carbonyl (C=O) groups is 2. The van der Waals surface area contributed by atoms with E-state index in [0.29, 0.717) is 12.3 Å². The molecule has 0 heterocycles. The molecule has 5 atom stereocenters. The van der Waals surface area contributed by atoms with Crippen LogP contribution in [0.4, 0.5) is 0 Å². The monoisotopic (exact) mass is 580 g/mol. The van der Waals surface area contributed by atoms with Gasteiger partial charge in [-0.25, -0.2) is 0 Å². The van der Waals surface area contributed by atoms with Crippen LogP contribution in [0.25, 0.3) is 0 Å². The quantitative estimate of drug-likeness (QED) is 0.376. The van der Waals surface area contributed by atoms with Crippen molar-refractivity contribution >= 4 is 11.9 Å². The molecule has 1 saturated carbocycles. The second-order valence-electron chi connectivity index (χ2n) is 7.83. The van der Waals surface area contributed by atoms with Crippen LogP contribution >= 0.6 is 0 Å². The number of esters is 1. The van der Waals surface area contributed by atoms with E-state index in [0.717, 1.165) is 18.4 Å². The number of carbonyl (C=O) groups excluding carboxylic acids is 2. The number of benzene rings is 1. The van der Waals surface area contributed by atoms with Crippen LogP contribution < -0.4 is 0 Å². The fraction of sp³-hybridized carbons (Fsp3) is 0.619. The molecule has 0 amide bonds. The second kappa shape index (κ2) is 11.3. The Bertz CT molecular complexity index is 635. The number of hydrogen-bond donors (Lipinski definition) is 1. The standard InChI is InChI=1S/C19H27O4.C2H4O2.Hg/c1-13(2)16-10-9-15(20)11-18(16)23-19(21)12-17(22-3)14-7-5-4-6-8-14;1-2(3)4;/h4-8,12-13,15-18,20H,9-11H2,1-3H3;1H3,(H,3,4);/q;;+1/p-1/t15-,16+,17-,18-;;/m1../s1. The molecule has 0 unspecified atom stereocenters. The SMILES string of the molecule is CO[C@@H](c1ccccc1)[C@@H]([Hg][O]C(C)=O)C(=O)O[C@@H]1C[C@H](O)CC[C@H]1C(C)C. The van der Waals surface area contributed by atoms with Crippen LogP contribution in [0.15, 0.2) is 30.3 Å². The van der Waals surface area contributed by atoms with Crippen molar-refractivity contribution in [2.24, 2.45) is 11.8 Å². The van der Waals surface area contributed by atoms with Crippen LogP contribution in [0, 0.1) is 11.8 Å². The summed E-state index contributed by atoms with van der Waals surface area (Å²) in [6.07, 6.45) is 0.755. The van der Waals surface area contributed by atoms with E-state index in [1.54, 1.807) is 7.11 Å². The van der Waals surface area contributed by atoms with Crippen molar-refractivity contribution in [3.8, 4) is 0 Å². The van der Waals surface area contributed by atoms with Gasteiger partial charge in [-0.05, 0) is 0 Å². The molecule has 2 rings (SSSR count). The van der Waals surface area contributed by atoms with E-state index in [1.807, 2.05) is 30.3 Å². The van der Waals surface area contributed by atoms with Crippen molar-refractivity contribution in [3.63, 3.8) is 0 Å². The Morgan fingerprint density at radius 1 is 1.18 bits per heavy atom. The first-order valence-electron chi connectivity index (χ1n) is 9.93. The average molecular weight is 579 g/mol. The number of rotatable bonds is 8. The van der Waals surface area contributed by atoms with E-state index < -0.39 is 40.7 Å². The van der Waals surface area contributed by atoms with E-state index in [4.69, 9.17) is 12.1 Å². The van der Waals surface area contributed by atoms with E-state index in [-0.39, 0.29) is 24.0 Å². The number of aliphatic hydroxyl groups is 1. The third-order valence-electron chi connectivity index (χ3n) is 5.46. The molecule has 1 fully saturated rings. The van der Waals surface area contributed by atoms with E-state index >= 15 is 0 Å². The van der Waals surface area contributed by atoms with Crippen LogP contribution in [-0.2, 0) is 46.7 Å². The Balaban J connectivity index is 2.21. The fourth-order valence-electron chi connectivity index (χ4n) is 3.93. The van der Waals surface area contributed by atoms with Gasteiger partial charge in [0.15, 0.2) is 0 Å². The minimum absolute atomic E-state index is 0.219. The average Bonchev–Trinajstić information content (AvgIpc) is 2.65.